The van der Waals surface area contributed by atoms with Gasteiger partial charge < -0.3 is 14.8 Å². The van der Waals surface area contributed by atoms with Crippen LogP contribution in [0.15, 0.2) is 36.5 Å². The lowest BCUT2D eigenvalue weighted by Crippen LogP contribution is -2.25. The number of hydrogen-bond acceptors (Lipinski definition) is 5. The molecule has 0 unspecified atom stereocenters. The fraction of sp³-hybridized carbons (Fsp3) is 0.500. The van der Waals surface area contributed by atoms with E-state index in [2.05, 4.69) is 15.6 Å². The molecule has 1 N–H and O–H groups in total. The number of para-hydroxylation sites is 1. The van der Waals surface area contributed by atoms with Crippen LogP contribution in [0, 0.1) is 0 Å². The van der Waals surface area contributed by atoms with E-state index in [9.17, 15) is 4.79 Å². The van der Waals surface area contributed by atoms with Crippen molar-refractivity contribution in [1.82, 2.24) is 20.3 Å². The Balaban J connectivity index is 1.58. The minimum absolute atomic E-state index is 0.0595. The molecule has 1 aromatic carbocycles. The number of amides is 1. The fourth-order valence-corrected chi connectivity index (χ4v) is 2.22. The lowest BCUT2D eigenvalue weighted by Gasteiger charge is -2.05. The minimum atomic E-state index is 0.0595. The van der Waals surface area contributed by atoms with E-state index >= 15 is 0 Å². The number of carbonyl (C=O) groups is 1. The zero-order chi connectivity index (χ0) is 17.7. The van der Waals surface area contributed by atoms with Gasteiger partial charge in [-0.3, -0.25) is 9.48 Å². The topological polar surface area (TPSA) is 78.3 Å². The lowest BCUT2D eigenvalue weighted by molar-refractivity contribution is -0.121. The molecule has 0 spiro atoms. The Hall–Kier alpha value is -2.41. The number of hydrogen-bond donors (Lipinski definition) is 1. The van der Waals surface area contributed by atoms with Crippen molar-refractivity contribution in [3.63, 3.8) is 0 Å². The average Bonchev–Trinajstić information content (AvgIpc) is 3.08. The summed E-state index contributed by atoms with van der Waals surface area (Å²) in [5.41, 5.74) is 0.768. The quantitative estimate of drug-likeness (QED) is 0.596. The molecular weight excluding hydrogens is 320 g/mol. The molecule has 0 radical (unpaired) electrons. The molecule has 2 rings (SSSR count). The molecule has 1 heterocycles. The molecular formula is C18H26N4O3. The number of aromatic nitrogens is 3. The van der Waals surface area contributed by atoms with Crippen molar-refractivity contribution >= 4 is 5.91 Å². The predicted octanol–water partition coefficient (Wildman–Crippen LogP) is 2.18. The van der Waals surface area contributed by atoms with Gasteiger partial charge in [-0.15, -0.1) is 5.10 Å². The van der Waals surface area contributed by atoms with Crippen LogP contribution in [0.3, 0.4) is 0 Å². The normalized spacial score (nSPS) is 10.6. The van der Waals surface area contributed by atoms with E-state index in [0.717, 1.165) is 24.3 Å². The molecule has 0 atom stereocenters. The second kappa shape index (κ2) is 11.2. The summed E-state index contributed by atoms with van der Waals surface area (Å²) >= 11 is 0. The Bertz CT molecular complexity index is 616. The van der Waals surface area contributed by atoms with Crippen molar-refractivity contribution in [2.24, 2.45) is 0 Å². The Morgan fingerprint density at radius 3 is 2.88 bits per heavy atom. The molecule has 0 aliphatic carbocycles. The summed E-state index contributed by atoms with van der Waals surface area (Å²) in [4.78, 5) is 11.7. The minimum Gasteiger partial charge on any atom is -0.487 e. The third kappa shape index (κ3) is 7.80. The molecule has 2 aromatic rings. The van der Waals surface area contributed by atoms with Gasteiger partial charge in [0.25, 0.3) is 0 Å². The molecule has 136 valence electrons. The van der Waals surface area contributed by atoms with Crippen LogP contribution < -0.4 is 10.1 Å². The van der Waals surface area contributed by atoms with Gasteiger partial charge in [0.1, 0.15) is 18.1 Å². The number of benzene rings is 1. The fourth-order valence-electron chi connectivity index (χ4n) is 2.22. The van der Waals surface area contributed by atoms with Gasteiger partial charge >= 0.3 is 0 Å². The van der Waals surface area contributed by atoms with E-state index in [4.69, 9.17) is 9.47 Å². The highest BCUT2D eigenvalue weighted by Crippen LogP contribution is 2.10. The molecule has 0 fully saturated rings. The van der Waals surface area contributed by atoms with Crippen LogP contribution >= 0.6 is 0 Å². The van der Waals surface area contributed by atoms with E-state index in [1.54, 1.807) is 4.68 Å². The van der Waals surface area contributed by atoms with Gasteiger partial charge in [-0.1, -0.05) is 23.4 Å². The van der Waals surface area contributed by atoms with Crippen molar-refractivity contribution in [2.45, 2.75) is 39.3 Å². The first kappa shape index (κ1) is 18.9. The van der Waals surface area contributed by atoms with E-state index in [-0.39, 0.29) is 5.91 Å². The summed E-state index contributed by atoms with van der Waals surface area (Å²) in [6.45, 7) is 5.05. The standard InChI is InChI=1S/C18H26N4O3/c1-2-24-13-7-11-19-18(23)10-6-12-22-14-16(20-21-22)15-25-17-8-4-3-5-9-17/h3-5,8-9,14H,2,6-7,10-13,15H2,1H3,(H,19,23). The monoisotopic (exact) mass is 346 g/mol. The van der Waals surface area contributed by atoms with E-state index in [0.29, 0.717) is 39.3 Å². The zero-order valence-corrected chi connectivity index (χ0v) is 14.7. The Labute approximate surface area is 148 Å². The summed E-state index contributed by atoms with van der Waals surface area (Å²) in [6, 6.07) is 9.59. The first-order valence-electron chi connectivity index (χ1n) is 8.69. The predicted molar refractivity (Wildman–Crippen MR) is 94.1 cm³/mol. The van der Waals surface area contributed by atoms with E-state index < -0.39 is 0 Å². The Morgan fingerprint density at radius 2 is 2.08 bits per heavy atom. The van der Waals surface area contributed by atoms with Crippen LogP contribution in [0.4, 0.5) is 0 Å². The Kier molecular flexibility index (Phi) is 8.48. The van der Waals surface area contributed by atoms with Crippen LogP contribution in [-0.4, -0.2) is 40.7 Å². The molecule has 0 saturated heterocycles. The Morgan fingerprint density at radius 1 is 1.24 bits per heavy atom. The van der Waals surface area contributed by atoms with Gasteiger partial charge in [-0.05, 0) is 31.9 Å². The molecule has 0 saturated carbocycles. The molecule has 7 heteroatoms. The second-order valence-electron chi connectivity index (χ2n) is 5.58. The summed E-state index contributed by atoms with van der Waals surface area (Å²) < 4.78 is 12.6. The van der Waals surface area contributed by atoms with Gasteiger partial charge in [0.05, 0.1) is 6.20 Å². The summed E-state index contributed by atoms with van der Waals surface area (Å²) in [5, 5.41) is 11.0. The highest BCUT2D eigenvalue weighted by Gasteiger charge is 2.04. The molecule has 1 aromatic heterocycles. The van der Waals surface area contributed by atoms with Crippen molar-refractivity contribution in [3.8, 4) is 5.75 Å². The van der Waals surface area contributed by atoms with Crippen molar-refractivity contribution in [2.75, 3.05) is 19.8 Å². The summed E-state index contributed by atoms with van der Waals surface area (Å²) in [5.74, 6) is 0.863. The van der Waals surface area contributed by atoms with Gasteiger partial charge in [0.15, 0.2) is 0 Å². The molecule has 0 bridgehead atoms. The van der Waals surface area contributed by atoms with E-state index in [1.807, 2.05) is 43.5 Å². The molecule has 7 nitrogen and oxygen atoms in total. The van der Waals surface area contributed by atoms with Crippen LogP contribution in [-0.2, 0) is 22.7 Å². The molecule has 25 heavy (non-hydrogen) atoms. The summed E-state index contributed by atoms with van der Waals surface area (Å²) in [7, 11) is 0. The highest BCUT2D eigenvalue weighted by atomic mass is 16.5. The van der Waals surface area contributed by atoms with Gasteiger partial charge in [-0.25, -0.2) is 0 Å². The SMILES string of the molecule is CCOCCCNC(=O)CCCn1cc(COc2ccccc2)nn1. The maximum Gasteiger partial charge on any atom is 0.220 e. The zero-order valence-electron chi connectivity index (χ0n) is 14.7. The number of aryl methyl sites for hydroxylation is 1. The third-order valence-electron chi connectivity index (χ3n) is 3.50. The van der Waals surface area contributed by atoms with Crippen molar-refractivity contribution in [3.05, 3.63) is 42.2 Å². The first-order valence-corrected chi connectivity index (χ1v) is 8.69. The van der Waals surface area contributed by atoms with Gasteiger partial charge in [0.2, 0.25) is 5.91 Å². The first-order chi connectivity index (χ1) is 12.3. The van der Waals surface area contributed by atoms with Crippen LogP contribution in [0.25, 0.3) is 0 Å². The number of carbonyl (C=O) groups excluding carboxylic acids is 1. The maximum absolute atomic E-state index is 11.7. The number of nitrogens with one attached hydrogen (secondary N) is 1. The van der Waals surface area contributed by atoms with E-state index in [1.165, 1.54) is 0 Å². The largest absolute Gasteiger partial charge is 0.487 e. The summed E-state index contributed by atoms with van der Waals surface area (Å²) in [6.07, 6.45) is 3.89. The number of ether oxygens (including phenoxy) is 2. The maximum atomic E-state index is 11.7. The smallest absolute Gasteiger partial charge is 0.220 e. The van der Waals surface area contributed by atoms with Crippen LogP contribution in [0.2, 0.25) is 0 Å². The van der Waals surface area contributed by atoms with Gasteiger partial charge in [0, 0.05) is 32.7 Å². The molecule has 0 aliphatic rings. The van der Waals surface area contributed by atoms with Crippen molar-refractivity contribution < 1.29 is 14.3 Å². The van der Waals surface area contributed by atoms with Gasteiger partial charge in [-0.2, -0.15) is 0 Å². The van der Waals surface area contributed by atoms with Crippen LogP contribution in [0.5, 0.6) is 5.75 Å². The molecule has 0 aliphatic heterocycles. The number of nitrogens with zero attached hydrogens (tertiary/aromatic N) is 3. The number of rotatable bonds is 12. The highest BCUT2D eigenvalue weighted by molar-refractivity contribution is 5.75. The third-order valence-corrected chi connectivity index (χ3v) is 3.50. The lowest BCUT2D eigenvalue weighted by atomic mass is 10.3. The van der Waals surface area contributed by atoms with Crippen molar-refractivity contribution in [1.29, 1.82) is 0 Å². The molecule has 1 amide bonds. The average molecular weight is 346 g/mol. The second-order valence-corrected chi connectivity index (χ2v) is 5.58. The van der Waals surface area contributed by atoms with Crippen LogP contribution in [0.1, 0.15) is 31.9 Å².